The Morgan fingerprint density at radius 3 is 2.70 bits per heavy atom. The summed E-state index contributed by atoms with van der Waals surface area (Å²) in [7, 11) is -0.139. The number of imidazole rings is 1. The van der Waals surface area contributed by atoms with E-state index in [1.807, 2.05) is 41.1 Å². The van der Waals surface area contributed by atoms with Gasteiger partial charge in [0.15, 0.2) is 0 Å². The molecule has 1 aromatic heterocycles. The summed E-state index contributed by atoms with van der Waals surface area (Å²) in [5.41, 5.74) is 1.01. The number of rotatable bonds is 5. The fraction of sp³-hybridized carbons (Fsp3) is 0.438. The van der Waals surface area contributed by atoms with Crippen LogP contribution in [0.4, 0.5) is 0 Å². The van der Waals surface area contributed by atoms with Gasteiger partial charge < -0.3 is 9.30 Å². The molecule has 0 aliphatic carbocycles. The van der Waals surface area contributed by atoms with Gasteiger partial charge in [-0.05, 0) is 0 Å². The summed E-state index contributed by atoms with van der Waals surface area (Å²) in [6.07, 6.45) is 3.65. The molecule has 0 radical (unpaired) electrons. The van der Waals surface area contributed by atoms with Crippen molar-refractivity contribution in [1.82, 2.24) is 13.9 Å². The minimum absolute atomic E-state index is 0.0255. The quantitative estimate of drug-likeness (QED) is 0.833. The molecule has 1 aromatic carbocycles. The molecule has 1 aliphatic heterocycles. The van der Waals surface area contributed by atoms with E-state index in [1.165, 1.54) is 4.31 Å². The van der Waals surface area contributed by atoms with Crippen LogP contribution < -0.4 is 0 Å². The van der Waals surface area contributed by atoms with Gasteiger partial charge in [-0.2, -0.15) is 0 Å². The summed E-state index contributed by atoms with van der Waals surface area (Å²) in [5, 5.41) is 0. The maximum atomic E-state index is 12.2. The average molecular weight is 335 g/mol. The van der Waals surface area contributed by atoms with Crippen LogP contribution in [0, 0.1) is 5.92 Å². The van der Waals surface area contributed by atoms with Crippen molar-refractivity contribution in [3.05, 3.63) is 42.7 Å². The molecule has 0 spiro atoms. The lowest BCUT2D eigenvalue weighted by Crippen LogP contribution is -2.32. The SMILES string of the molecule is CN(C)S(=O)(=O)C[C@H]1COC[C@H]1n1ccnc1-c1ccccc1. The van der Waals surface area contributed by atoms with Crippen LogP contribution >= 0.6 is 0 Å². The van der Waals surface area contributed by atoms with Gasteiger partial charge in [-0.1, -0.05) is 30.3 Å². The number of benzene rings is 1. The predicted octanol–water partition coefficient (Wildman–Crippen LogP) is 1.63. The molecule has 0 saturated carbocycles. The van der Waals surface area contributed by atoms with Crippen LogP contribution in [0.3, 0.4) is 0 Å². The first-order valence-electron chi connectivity index (χ1n) is 7.55. The van der Waals surface area contributed by atoms with Gasteiger partial charge in [-0.25, -0.2) is 17.7 Å². The second-order valence-corrected chi connectivity index (χ2v) is 8.18. The Morgan fingerprint density at radius 1 is 1.26 bits per heavy atom. The molecule has 1 aliphatic rings. The van der Waals surface area contributed by atoms with Crippen LogP contribution in [0.15, 0.2) is 42.7 Å². The molecule has 0 amide bonds. The van der Waals surface area contributed by atoms with E-state index in [9.17, 15) is 8.42 Å². The molecule has 1 fully saturated rings. The van der Waals surface area contributed by atoms with E-state index in [4.69, 9.17) is 4.74 Å². The number of hydrogen-bond acceptors (Lipinski definition) is 4. The van der Waals surface area contributed by atoms with Crippen LogP contribution in [0.25, 0.3) is 11.4 Å². The van der Waals surface area contributed by atoms with E-state index in [-0.39, 0.29) is 17.7 Å². The van der Waals surface area contributed by atoms with E-state index in [1.54, 1.807) is 20.3 Å². The molecular formula is C16H21N3O3S. The van der Waals surface area contributed by atoms with Crippen molar-refractivity contribution in [3.63, 3.8) is 0 Å². The van der Waals surface area contributed by atoms with Gasteiger partial charge in [-0.15, -0.1) is 0 Å². The minimum Gasteiger partial charge on any atom is -0.379 e. The van der Waals surface area contributed by atoms with Crippen LogP contribution in [0.1, 0.15) is 6.04 Å². The Labute approximate surface area is 136 Å². The molecule has 23 heavy (non-hydrogen) atoms. The molecule has 2 aromatic rings. The zero-order valence-electron chi connectivity index (χ0n) is 13.3. The van der Waals surface area contributed by atoms with Gasteiger partial charge in [0.05, 0.1) is 25.0 Å². The van der Waals surface area contributed by atoms with Crippen LogP contribution in [0.2, 0.25) is 0 Å². The van der Waals surface area contributed by atoms with Crippen LogP contribution in [-0.2, 0) is 14.8 Å². The second kappa shape index (κ2) is 6.43. The lowest BCUT2D eigenvalue weighted by molar-refractivity contribution is 0.182. The molecule has 1 saturated heterocycles. The lowest BCUT2D eigenvalue weighted by atomic mass is 10.1. The average Bonchev–Trinajstić information content (AvgIpc) is 3.16. The Bertz CT molecular complexity index is 756. The highest BCUT2D eigenvalue weighted by Crippen LogP contribution is 2.31. The van der Waals surface area contributed by atoms with E-state index in [0.717, 1.165) is 11.4 Å². The molecule has 2 atom stereocenters. The van der Waals surface area contributed by atoms with Crippen LogP contribution in [-0.4, -0.2) is 55.3 Å². The maximum absolute atomic E-state index is 12.2. The summed E-state index contributed by atoms with van der Waals surface area (Å²) < 4.78 is 33.3. The monoisotopic (exact) mass is 335 g/mol. The first-order chi connectivity index (χ1) is 11.0. The van der Waals surface area contributed by atoms with Gasteiger partial charge in [0.25, 0.3) is 0 Å². The fourth-order valence-corrected chi connectivity index (χ4v) is 4.02. The van der Waals surface area contributed by atoms with Crippen molar-refractivity contribution in [2.75, 3.05) is 33.1 Å². The highest BCUT2D eigenvalue weighted by Gasteiger charge is 2.35. The van der Waals surface area contributed by atoms with Gasteiger partial charge in [0.1, 0.15) is 5.82 Å². The minimum atomic E-state index is -3.26. The zero-order valence-corrected chi connectivity index (χ0v) is 14.1. The molecule has 3 rings (SSSR count). The first-order valence-corrected chi connectivity index (χ1v) is 9.16. The Hall–Kier alpha value is -1.70. The fourth-order valence-electron chi connectivity index (χ4n) is 2.87. The summed E-state index contributed by atoms with van der Waals surface area (Å²) >= 11 is 0. The number of sulfonamides is 1. The summed E-state index contributed by atoms with van der Waals surface area (Å²) in [6, 6.07) is 9.87. The van der Waals surface area contributed by atoms with Gasteiger partial charge >= 0.3 is 0 Å². The number of ether oxygens (including phenoxy) is 1. The standard InChI is InChI=1S/C16H21N3O3S/c1-18(2)23(20,21)12-14-10-22-11-15(14)19-9-8-17-16(19)13-6-4-3-5-7-13/h3-9,14-15H,10-12H2,1-2H3/t14-,15-/m1/s1. The number of nitrogens with zero attached hydrogens (tertiary/aromatic N) is 3. The molecule has 6 nitrogen and oxygen atoms in total. The first kappa shape index (κ1) is 16.2. The van der Waals surface area contributed by atoms with Crippen molar-refractivity contribution in [2.45, 2.75) is 6.04 Å². The van der Waals surface area contributed by atoms with Crippen molar-refractivity contribution < 1.29 is 13.2 Å². The molecule has 124 valence electrons. The van der Waals surface area contributed by atoms with E-state index in [2.05, 4.69) is 4.98 Å². The largest absolute Gasteiger partial charge is 0.379 e. The Morgan fingerprint density at radius 2 is 2.00 bits per heavy atom. The smallest absolute Gasteiger partial charge is 0.214 e. The van der Waals surface area contributed by atoms with Gasteiger partial charge in [-0.3, -0.25) is 0 Å². The normalized spacial score (nSPS) is 21.9. The highest BCUT2D eigenvalue weighted by atomic mass is 32.2. The van der Waals surface area contributed by atoms with Gasteiger partial charge in [0.2, 0.25) is 10.0 Å². The molecule has 0 N–H and O–H groups in total. The van der Waals surface area contributed by atoms with E-state index < -0.39 is 10.0 Å². The molecule has 7 heteroatoms. The third-order valence-corrected chi connectivity index (χ3v) is 6.17. The lowest BCUT2D eigenvalue weighted by Gasteiger charge is -2.22. The third-order valence-electron chi connectivity index (χ3n) is 4.20. The second-order valence-electron chi connectivity index (χ2n) is 5.95. The Kier molecular flexibility index (Phi) is 4.52. The third kappa shape index (κ3) is 3.31. The Balaban J connectivity index is 1.89. The van der Waals surface area contributed by atoms with Crippen molar-refractivity contribution in [3.8, 4) is 11.4 Å². The summed E-state index contributed by atoms with van der Waals surface area (Å²) in [5.74, 6) is 0.837. The predicted molar refractivity (Wildman–Crippen MR) is 88.5 cm³/mol. The van der Waals surface area contributed by atoms with Crippen molar-refractivity contribution in [1.29, 1.82) is 0 Å². The maximum Gasteiger partial charge on any atom is 0.214 e. The van der Waals surface area contributed by atoms with Crippen molar-refractivity contribution in [2.24, 2.45) is 5.92 Å². The van der Waals surface area contributed by atoms with E-state index >= 15 is 0 Å². The molecule has 2 heterocycles. The van der Waals surface area contributed by atoms with E-state index in [0.29, 0.717) is 13.2 Å². The number of aromatic nitrogens is 2. The van der Waals surface area contributed by atoms with Gasteiger partial charge in [0, 0.05) is 38.0 Å². The summed E-state index contributed by atoms with van der Waals surface area (Å²) in [6.45, 7) is 0.952. The molecule has 0 bridgehead atoms. The molecular weight excluding hydrogens is 314 g/mol. The highest BCUT2D eigenvalue weighted by molar-refractivity contribution is 7.89. The van der Waals surface area contributed by atoms with Crippen molar-refractivity contribution >= 4 is 10.0 Å². The summed E-state index contributed by atoms with van der Waals surface area (Å²) in [4.78, 5) is 4.44. The van der Waals surface area contributed by atoms with Crippen LogP contribution in [0.5, 0.6) is 0 Å². The number of hydrogen-bond donors (Lipinski definition) is 0. The zero-order chi connectivity index (χ0) is 16.4. The molecule has 0 unspecified atom stereocenters. The topological polar surface area (TPSA) is 64.4 Å².